The molecule has 0 radical (unpaired) electrons. The summed E-state index contributed by atoms with van der Waals surface area (Å²) in [6, 6.07) is 1.53. The second kappa shape index (κ2) is 10.6. The minimum atomic E-state index is 0. The van der Waals surface area contributed by atoms with Crippen LogP contribution in [-0.2, 0) is 0 Å². The average Bonchev–Trinajstić information content (AvgIpc) is 2.41. The molecule has 0 spiro atoms. The second-order valence-electron chi connectivity index (χ2n) is 7.00. The third-order valence-corrected chi connectivity index (χ3v) is 4.67. The van der Waals surface area contributed by atoms with Crippen molar-refractivity contribution in [3.63, 3.8) is 0 Å². The lowest BCUT2D eigenvalue weighted by Crippen LogP contribution is -2.37. The van der Waals surface area contributed by atoms with E-state index in [-0.39, 0.29) is 7.43 Å². The Morgan fingerprint density at radius 3 is 1.45 bits per heavy atom. The molecule has 2 saturated heterocycles. The molecular formula is C18H40N2. The minimum Gasteiger partial charge on any atom is -0.301 e. The molecule has 0 amide bonds. The number of piperidine rings is 2. The van der Waals surface area contributed by atoms with Crippen molar-refractivity contribution >= 4 is 0 Å². The van der Waals surface area contributed by atoms with Gasteiger partial charge in [0.05, 0.1) is 0 Å². The van der Waals surface area contributed by atoms with Gasteiger partial charge in [0.25, 0.3) is 0 Å². The Kier molecular flexibility index (Phi) is 10.6. The first kappa shape index (κ1) is 19.9. The summed E-state index contributed by atoms with van der Waals surface area (Å²) in [5.41, 5.74) is 0. The lowest BCUT2D eigenvalue weighted by Gasteiger charge is -2.33. The summed E-state index contributed by atoms with van der Waals surface area (Å²) < 4.78 is 0. The van der Waals surface area contributed by atoms with Gasteiger partial charge >= 0.3 is 0 Å². The minimum absolute atomic E-state index is 0. The molecule has 0 aliphatic carbocycles. The molecule has 0 aromatic rings. The molecule has 122 valence electrons. The van der Waals surface area contributed by atoms with Gasteiger partial charge in [0.1, 0.15) is 0 Å². The predicted octanol–water partition coefficient (Wildman–Crippen LogP) is 4.64. The molecule has 2 nitrogen and oxygen atoms in total. The third-order valence-electron chi connectivity index (χ3n) is 4.67. The van der Waals surface area contributed by atoms with Crippen molar-refractivity contribution in [1.82, 2.24) is 9.80 Å². The van der Waals surface area contributed by atoms with Gasteiger partial charge in [0.2, 0.25) is 0 Å². The number of likely N-dealkylation sites (tertiary alicyclic amines) is 2. The molecule has 20 heavy (non-hydrogen) atoms. The molecule has 0 aromatic carbocycles. The van der Waals surface area contributed by atoms with Crippen molar-refractivity contribution < 1.29 is 0 Å². The summed E-state index contributed by atoms with van der Waals surface area (Å²) in [5, 5.41) is 0. The van der Waals surface area contributed by atoms with Gasteiger partial charge in [0.15, 0.2) is 0 Å². The third kappa shape index (κ3) is 7.64. The maximum Gasteiger partial charge on any atom is 0.00385 e. The van der Waals surface area contributed by atoms with Crippen molar-refractivity contribution in [2.75, 3.05) is 26.2 Å². The summed E-state index contributed by atoms with van der Waals surface area (Å²) in [4.78, 5) is 5.13. The normalized spacial score (nSPS) is 22.4. The quantitative estimate of drug-likeness (QED) is 0.728. The fraction of sp³-hybridized carbons (Fsp3) is 1.00. The lowest BCUT2D eigenvalue weighted by molar-refractivity contribution is 0.156. The van der Waals surface area contributed by atoms with E-state index in [2.05, 4.69) is 44.4 Å². The van der Waals surface area contributed by atoms with E-state index in [4.69, 9.17) is 0 Å². The monoisotopic (exact) mass is 284 g/mol. The van der Waals surface area contributed by atoms with Gasteiger partial charge in [-0.1, -0.05) is 20.8 Å². The number of hydrogen-bond donors (Lipinski definition) is 0. The Hall–Kier alpha value is -0.0800. The molecule has 2 heteroatoms. The molecule has 2 heterocycles. The number of rotatable bonds is 2. The predicted molar refractivity (Wildman–Crippen MR) is 92.4 cm³/mol. The molecule has 0 unspecified atom stereocenters. The first-order valence-electron chi connectivity index (χ1n) is 8.48. The second-order valence-corrected chi connectivity index (χ2v) is 7.00. The van der Waals surface area contributed by atoms with Crippen molar-refractivity contribution in [3.8, 4) is 0 Å². The fourth-order valence-corrected chi connectivity index (χ4v) is 2.98. The highest BCUT2D eigenvalue weighted by atomic mass is 15.2. The molecule has 2 fully saturated rings. The highest BCUT2D eigenvalue weighted by Gasteiger charge is 2.16. The molecule has 2 aliphatic rings. The molecule has 0 bridgehead atoms. The van der Waals surface area contributed by atoms with E-state index in [9.17, 15) is 0 Å². The van der Waals surface area contributed by atoms with Crippen LogP contribution in [0, 0.1) is 5.92 Å². The zero-order valence-electron chi connectivity index (χ0n) is 14.0. The molecular weight excluding hydrogens is 244 g/mol. The Labute approximate surface area is 128 Å². The molecule has 0 saturated carbocycles. The summed E-state index contributed by atoms with van der Waals surface area (Å²) >= 11 is 0. The molecule has 0 aromatic heterocycles. The van der Waals surface area contributed by atoms with Crippen LogP contribution >= 0.6 is 0 Å². The van der Waals surface area contributed by atoms with Crippen LogP contribution in [0.25, 0.3) is 0 Å². The van der Waals surface area contributed by atoms with E-state index in [1.807, 2.05) is 0 Å². The van der Waals surface area contributed by atoms with Crippen LogP contribution in [0.3, 0.4) is 0 Å². The summed E-state index contributed by atoms with van der Waals surface area (Å²) in [5.74, 6) is 0.968. The Balaban J connectivity index is 0.000000345. The van der Waals surface area contributed by atoms with E-state index in [0.29, 0.717) is 0 Å². The summed E-state index contributed by atoms with van der Waals surface area (Å²) in [7, 11) is 0. The highest BCUT2D eigenvalue weighted by Crippen LogP contribution is 2.17. The van der Waals surface area contributed by atoms with Crippen molar-refractivity contribution in [1.29, 1.82) is 0 Å². The Morgan fingerprint density at radius 2 is 1.10 bits per heavy atom. The summed E-state index contributed by atoms with van der Waals surface area (Å²) in [6.07, 6.45) is 7.08. The van der Waals surface area contributed by atoms with Crippen molar-refractivity contribution in [3.05, 3.63) is 0 Å². The van der Waals surface area contributed by atoms with Crippen LogP contribution in [0.2, 0.25) is 0 Å². The van der Waals surface area contributed by atoms with Crippen LogP contribution in [0.5, 0.6) is 0 Å². The molecule has 2 aliphatic heterocycles. The number of nitrogens with zero attached hydrogens (tertiary/aromatic N) is 2. The lowest BCUT2D eigenvalue weighted by atomic mass is 9.98. The van der Waals surface area contributed by atoms with Crippen LogP contribution in [0.15, 0.2) is 0 Å². The smallest absolute Gasteiger partial charge is 0.00385 e. The standard InChI is InChI=1S/C9H19N.C8H17N.CH4/c1-8(2)10-6-4-9(3)5-7-10;1-8(2)9-6-4-3-5-7-9;/h8-9H,4-7H2,1-3H3;8H,3-7H2,1-2H3;1H4. The van der Waals surface area contributed by atoms with Gasteiger partial charge in [-0.15, -0.1) is 0 Å². The van der Waals surface area contributed by atoms with Gasteiger partial charge in [0, 0.05) is 12.1 Å². The fourth-order valence-electron chi connectivity index (χ4n) is 2.98. The average molecular weight is 285 g/mol. The van der Waals surface area contributed by atoms with E-state index >= 15 is 0 Å². The highest BCUT2D eigenvalue weighted by molar-refractivity contribution is 4.71. The van der Waals surface area contributed by atoms with Gasteiger partial charge in [-0.2, -0.15) is 0 Å². The van der Waals surface area contributed by atoms with Gasteiger partial charge in [-0.3, -0.25) is 0 Å². The topological polar surface area (TPSA) is 6.48 Å². The van der Waals surface area contributed by atoms with Gasteiger partial charge in [-0.05, 0) is 85.5 Å². The maximum absolute atomic E-state index is 2.57. The van der Waals surface area contributed by atoms with E-state index in [1.165, 1.54) is 58.3 Å². The first-order chi connectivity index (χ1) is 9.00. The summed E-state index contributed by atoms with van der Waals surface area (Å²) in [6.45, 7) is 16.8. The molecule has 2 rings (SSSR count). The Bertz CT molecular complexity index is 211. The zero-order valence-corrected chi connectivity index (χ0v) is 14.0. The van der Waals surface area contributed by atoms with E-state index < -0.39 is 0 Å². The van der Waals surface area contributed by atoms with E-state index in [0.717, 1.165) is 18.0 Å². The zero-order chi connectivity index (χ0) is 14.3. The van der Waals surface area contributed by atoms with Crippen LogP contribution in [0.1, 0.15) is 74.1 Å². The van der Waals surface area contributed by atoms with Gasteiger partial charge in [-0.25, -0.2) is 0 Å². The van der Waals surface area contributed by atoms with Crippen LogP contribution in [0.4, 0.5) is 0 Å². The van der Waals surface area contributed by atoms with Gasteiger partial charge < -0.3 is 9.80 Å². The first-order valence-corrected chi connectivity index (χ1v) is 8.48. The SMILES string of the molecule is C.CC(C)N1CCCCC1.CC1CCN(C(C)C)CC1. The largest absolute Gasteiger partial charge is 0.301 e. The molecule has 0 atom stereocenters. The van der Waals surface area contributed by atoms with Crippen LogP contribution in [-0.4, -0.2) is 48.1 Å². The van der Waals surface area contributed by atoms with E-state index in [1.54, 1.807) is 0 Å². The van der Waals surface area contributed by atoms with Crippen LogP contribution < -0.4 is 0 Å². The Morgan fingerprint density at radius 1 is 0.700 bits per heavy atom. The van der Waals surface area contributed by atoms with Crippen molar-refractivity contribution in [2.24, 2.45) is 5.92 Å². The van der Waals surface area contributed by atoms with Crippen molar-refractivity contribution in [2.45, 2.75) is 86.2 Å². The number of hydrogen-bond acceptors (Lipinski definition) is 2. The molecule has 0 N–H and O–H groups in total. The maximum atomic E-state index is 2.57.